The van der Waals surface area contributed by atoms with Crippen LogP contribution in [0.1, 0.15) is 63.9 Å². The van der Waals surface area contributed by atoms with E-state index in [0.717, 1.165) is 33.4 Å². The van der Waals surface area contributed by atoms with Crippen LogP contribution in [0.4, 0.5) is 0 Å². The number of carbonyl (C=O) groups excluding carboxylic acids is 1. The second kappa shape index (κ2) is 29.2. The predicted molar refractivity (Wildman–Crippen MR) is 315 cm³/mol. The summed E-state index contributed by atoms with van der Waals surface area (Å²) in [7, 11) is 0. The van der Waals surface area contributed by atoms with Crippen molar-refractivity contribution in [1.82, 2.24) is 0 Å². The molecule has 0 radical (unpaired) electrons. The van der Waals surface area contributed by atoms with Crippen LogP contribution in [0.3, 0.4) is 0 Å². The Morgan fingerprint density at radius 1 is 0.460 bits per heavy atom. The number of aliphatic hydroxyl groups is 1. The Morgan fingerprint density at radius 3 is 1.48 bits per heavy atom. The van der Waals surface area contributed by atoms with Gasteiger partial charge in [0.15, 0.2) is 37.1 Å². The van der Waals surface area contributed by atoms with Crippen molar-refractivity contribution in [2.45, 2.75) is 151 Å². The van der Waals surface area contributed by atoms with Crippen molar-refractivity contribution in [3.63, 3.8) is 0 Å². The average molecular weight is 1190 g/mol. The summed E-state index contributed by atoms with van der Waals surface area (Å²) in [6.07, 6.45) is -17.7. The summed E-state index contributed by atoms with van der Waals surface area (Å²) < 4.78 is 102. The first-order valence-electron chi connectivity index (χ1n) is 29.8. The van der Waals surface area contributed by atoms with Gasteiger partial charge in [0.2, 0.25) is 0 Å². The molecule has 1 N–H and O–H groups in total. The van der Waals surface area contributed by atoms with E-state index in [1.165, 1.54) is 0 Å². The van der Waals surface area contributed by atoms with Gasteiger partial charge >= 0.3 is 5.97 Å². The fraction of sp³-hybridized carbons (Fsp3) is 0.386. The standard InChI is InChI=1S/C70H74O17/c1-70(2)79-45-55(87-70)59-62(64(82-65(72)51-34-20-8-21-35-51)69(84-59)85-60-56(71)67(77-42-50-32-18-7-19-33-50)80-54-44-78-66(83-58(54)60)52-36-22-9-23-37-52)86-68-63(76-41-49-30-16-6-17-31-49)61(75-40-48-28-14-5-15-29-48)57(74-39-47-26-12-4-13-27-47)53(81-68)43-73-38-46-24-10-3-11-25-46/h3-37,53-64,66-69,71H,38-45H2,1-2H3/t53-,54-,55-,56+,57+,58-,59+,60-,61+,62+,63-,64-,66-,67+,68-,69+/m1/s1. The second-order valence-corrected chi connectivity index (χ2v) is 22.6. The molecule has 0 aliphatic carbocycles. The van der Waals surface area contributed by atoms with E-state index in [4.69, 9.17) is 71.1 Å². The normalized spacial score (nSPS) is 30.3. The fourth-order valence-electron chi connectivity index (χ4n) is 11.5. The number of esters is 1. The predicted octanol–water partition coefficient (Wildman–Crippen LogP) is 9.97. The van der Waals surface area contributed by atoms with E-state index in [2.05, 4.69) is 0 Å². The van der Waals surface area contributed by atoms with Gasteiger partial charge in [0.25, 0.3) is 0 Å². The van der Waals surface area contributed by atoms with Crippen LogP contribution in [0.25, 0.3) is 0 Å². The summed E-state index contributed by atoms with van der Waals surface area (Å²) in [5, 5.41) is 12.6. The summed E-state index contributed by atoms with van der Waals surface area (Å²) in [5.74, 6) is -1.77. The Bertz CT molecular complexity index is 3170. The summed E-state index contributed by atoms with van der Waals surface area (Å²) in [6, 6.07) is 67.0. The van der Waals surface area contributed by atoms with Crippen LogP contribution < -0.4 is 0 Å². The lowest BCUT2D eigenvalue weighted by Gasteiger charge is -2.48. The molecule has 5 heterocycles. The highest BCUT2D eigenvalue weighted by atomic mass is 16.8. The van der Waals surface area contributed by atoms with Gasteiger partial charge in [-0.05, 0) is 53.8 Å². The minimum absolute atomic E-state index is 0.0345. The van der Waals surface area contributed by atoms with E-state index >= 15 is 0 Å². The average Bonchev–Trinajstić information content (AvgIpc) is 2.12. The lowest BCUT2D eigenvalue weighted by atomic mass is 9.96. The van der Waals surface area contributed by atoms with E-state index in [-0.39, 0.29) is 58.4 Å². The van der Waals surface area contributed by atoms with Crippen LogP contribution in [-0.4, -0.2) is 129 Å². The van der Waals surface area contributed by atoms with E-state index in [9.17, 15) is 9.90 Å². The highest BCUT2D eigenvalue weighted by Gasteiger charge is 2.60. The first kappa shape index (κ1) is 60.7. The highest BCUT2D eigenvalue weighted by Crippen LogP contribution is 2.43. The van der Waals surface area contributed by atoms with Crippen molar-refractivity contribution in [1.29, 1.82) is 0 Å². The molecule has 17 heteroatoms. The van der Waals surface area contributed by atoms with Gasteiger partial charge in [0.05, 0.1) is 58.4 Å². The molecule has 0 unspecified atom stereocenters. The van der Waals surface area contributed by atoms with Gasteiger partial charge in [-0.3, -0.25) is 0 Å². The van der Waals surface area contributed by atoms with Crippen molar-refractivity contribution in [3.8, 4) is 0 Å². The molecule has 87 heavy (non-hydrogen) atoms. The molecular formula is C70H74O17. The minimum atomic E-state index is -1.49. The fourth-order valence-corrected chi connectivity index (χ4v) is 11.5. The Balaban J connectivity index is 0.936. The third-order valence-corrected chi connectivity index (χ3v) is 15.9. The Labute approximate surface area is 507 Å². The van der Waals surface area contributed by atoms with Crippen LogP contribution in [0.5, 0.6) is 0 Å². The van der Waals surface area contributed by atoms with Crippen molar-refractivity contribution in [3.05, 3.63) is 251 Å². The molecule has 7 aromatic rings. The van der Waals surface area contributed by atoms with E-state index in [1.807, 2.05) is 182 Å². The topological polar surface area (TPSA) is 176 Å². The van der Waals surface area contributed by atoms with Crippen molar-refractivity contribution >= 4 is 5.97 Å². The van der Waals surface area contributed by atoms with E-state index in [1.54, 1.807) is 44.2 Å². The van der Waals surface area contributed by atoms with Crippen LogP contribution in [0.15, 0.2) is 212 Å². The lowest BCUT2D eigenvalue weighted by molar-refractivity contribution is -0.380. The molecule has 5 aliphatic rings. The van der Waals surface area contributed by atoms with Gasteiger partial charge in [-0.1, -0.05) is 200 Å². The molecule has 5 fully saturated rings. The van der Waals surface area contributed by atoms with Gasteiger partial charge < -0.3 is 76.2 Å². The number of fused-ring (bicyclic) bond motifs is 1. The monoisotopic (exact) mass is 1190 g/mol. The van der Waals surface area contributed by atoms with Crippen LogP contribution in [0, 0.1) is 0 Å². The quantitative estimate of drug-likeness (QED) is 0.0565. The van der Waals surface area contributed by atoms with Crippen LogP contribution in [0.2, 0.25) is 0 Å². The van der Waals surface area contributed by atoms with Crippen molar-refractivity contribution in [2.75, 3.05) is 19.8 Å². The molecule has 5 aliphatic heterocycles. The maximum Gasteiger partial charge on any atom is 0.338 e. The number of ether oxygens (including phenoxy) is 15. The molecule has 17 nitrogen and oxygen atoms in total. The molecule has 456 valence electrons. The van der Waals surface area contributed by atoms with Crippen molar-refractivity contribution in [2.24, 2.45) is 0 Å². The summed E-state index contributed by atoms with van der Waals surface area (Å²) >= 11 is 0. The molecule has 0 saturated carbocycles. The summed E-state index contributed by atoms with van der Waals surface area (Å²) in [6.45, 7) is 4.61. The molecule has 5 saturated heterocycles. The van der Waals surface area contributed by atoms with Crippen LogP contribution >= 0.6 is 0 Å². The zero-order valence-corrected chi connectivity index (χ0v) is 48.6. The van der Waals surface area contributed by atoms with E-state index < -0.39 is 110 Å². The summed E-state index contributed by atoms with van der Waals surface area (Å²) in [5.41, 5.74) is 5.53. The first-order chi connectivity index (χ1) is 42.7. The van der Waals surface area contributed by atoms with Gasteiger partial charge in [0.1, 0.15) is 67.1 Å². The van der Waals surface area contributed by atoms with Crippen molar-refractivity contribution < 1.29 is 81.0 Å². The zero-order valence-electron chi connectivity index (χ0n) is 48.6. The Morgan fingerprint density at radius 2 is 0.931 bits per heavy atom. The number of aliphatic hydroxyl groups excluding tert-OH is 1. The molecule has 0 spiro atoms. The highest BCUT2D eigenvalue weighted by molar-refractivity contribution is 5.89. The largest absolute Gasteiger partial charge is 0.450 e. The Kier molecular flexibility index (Phi) is 20.3. The lowest BCUT2D eigenvalue weighted by Crippen LogP contribution is -2.64. The first-order valence-corrected chi connectivity index (χ1v) is 29.8. The van der Waals surface area contributed by atoms with Gasteiger partial charge in [0, 0.05) is 5.56 Å². The second-order valence-electron chi connectivity index (χ2n) is 22.6. The molecule has 0 amide bonds. The number of hydrogen-bond donors (Lipinski definition) is 1. The number of carbonyl (C=O) groups is 1. The Hall–Kier alpha value is -6.59. The van der Waals surface area contributed by atoms with Gasteiger partial charge in [-0.25, -0.2) is 4.79 Å². The number of hydrogen-bond acceptors (Lipinski definition) is 17. The molecule has 7 aromatic carbocycles. The SMILES string of the molecule is CC1(C)OC[C@H]([C@@H]2O[C@@H](O[C@@H]3[C@H](O)[C@@H](OCc4ccccc4)O[C@@H]4CO[C@@H](c5ccccc5)O[C@@H]34)[C@H](OC(=O)c3ccccc3)[C@H]2O[C@H]2O[C@H](COCc3ccccc3)[C@H](OCc3ccccc3)[C@H](OCc3ccccc3)[C@H]2OCc2ccccc2)O1. The number of rotatable bonds is 24. The van der Waals surface area contributed by atoms with Crippen LogP contribution in [-0.2, 0) is 104 Å². The maximum absolute atomic E-state index is 14.8. The third kappa shape index (κ3) is 15.5. The smallest absolute Gasteiger partial charge is 0.338 e. The minimum Gasteiger partial charge on any atom is -0.450 e. The van der Waals surface area contributed by atoms with Gasteiger partial charge in [-0.2, -0.15) is 0 Å². The molecule has 12 rings (SSSR count). The third-order valence-electron chi connectivity index (χ3n) is 15.9. The van der Waals surface area contributed by atoms with Gasteiger partial charge in [-0.15, -0.1) is 0 Å². The number of benzene rings is 7. The molecule has 0 aromatic heterocycles. The summed E-state index contributed by atoms with van der Waals surface area (Å²) in [4.78, 5) is 14.8. The molecule has 16 atom stereocenters. The molecular weight excluding hydrogens is 1110 g/mol. The molecule has 0 bridgehead atoms. The zero-order chi connectivity index (χ0) is 59.4. The maximum atomic E-state index is 14.8. The van der Waals surface area contributed by atoms with E-state index in [0.29, 0.717) is 0 Å².